The van der Waals surface area contributed by atoms with Crippen LogP contribution in [0.3, 0.4) is 0 Å². The Bertz CT molecular complexity index is 430. The Kier molecular flexibility index (Phi) is 5.51. The maximum absolute atomic E-state index is 12.0. The average molecular weight is 265 g/mol. The van der Waals surface area contributed by atoms with Crippen LogP contribution in [0.25, 0.3) is 0 Å². The number of esters is 1. The van der Waals surface area contributed by atoms with Crippen molar-refractivity contribution in [3.63, 3.8) is 0 Å². The van der Waals surface area contributed by atoms with Gasteiger partial charge < -0.3 is 14.4 Å². The largest absolute Gasteiger partial charge is 0.450 e. The van der Waals surface area contributed by atoms with E-state index in [0.717, 1.165) is 0 Å². The standard InChI is InChI=1S/C14H19NO4/c1-10(13(16)15(2)3)19-14(17)12(18-4)11-8-6-5-7-9-11/h5-10,12H,1-4H3/t10-,12+/m1/s1. The molecule has 0 aliphatic rings. The average Bonchev–Trinajstić information content (AvgIpc) is 2.39. The minimum atomic E-state index is -0.830. The SMILES string of the molecule is CO[C@H](C(=O)O[C@H](C)C(=O)N(C)C)c1ccccc1. The third-order valence-electron chi connectivity index (χ3n) is 2.63. The van der Waals surface area contributed by atoms with E-state index in [9.17, 15) is 9.59 Å². The van der Waals surface area contributed by atoms with Crippen molar-refractivity contribution in [3.8, 4) is 0 Å². The minimum Gasteiger partial charge on any atom is -0.450 e. The number of hydrogen-bond donors (Lipinski definition) is 0. The van der Waals surface area contributed by atoms with Gasteiger partial charge in [0.1, 0.15) is 0 Å². The summed E-state index contributed by atoms with van der Waals surface area (Å²) in [5, 5.41) is 0. The van der Waals surface area contributed by atoms with Crippen LogP contribution in [0.2, 0.25) is 0 Å². The van der Waals surface area contributed by atoms with Crippen LogP contribution in [0.15, 0.2) is 30.3 Å². The number of likely N-dealkylation sites (N-methyl/N-ethyl adjacent to an activating group) is 1. The van der Waals surface area contributed by atoms with Crippen LogP contribution in [-0.2, 0) is 19.1 Å². The van der Waals surface area contributed by atoms with Crippen LogP contribution in [-0.4, -0.2) is 44.1 Å². The van der Waals surface area contributed by atoms with Gasteiger partial charge in [0.15, 0.2) is 12.2 Å². The van der Waals surface area contributed by atoms with Gasteiger partial charge in [0.25, 0.3) is 5.91 Å². The fourth-order valence-corrected chi connectivity index (χ4v) is 1.65. The predicted molar refractivity (Wildman–Crippen MR) is 70.4 cm³/mol. The summed E-state index contributed by atoms with van der Waals surface area (Å²) < 4.78 is 10.3. The molecule has 0 unspecified atom stereocenters. The monoisotopic (exact) mass is 265 g/mol. The van der Waals surface area contributed by atoms with Gasteiger partial charge in [-0.3, -0.25) is 4.79 Å². The van der Waals surface area contributed by atoms with Gasteiger partial charge in [-0.1, -0.05) is 30.3 Å². The van der Waals surface area contributed by atoms with Gasteiger partial charge in [0, 0.05) is 21.2 Å². The zero-order valence-corrected chi connectivity index (χ0v) is 11.6. The molecule has 0 bridgehead atoms. The van der Waals surface area contributed by atoms with Crippen molar-refractivity contribution in [1.29, 1.82) is 0 Å². The molecule has 104 valence electrons. The second kappa shape index (κ2) is 6.89. The van der Waals surface area contributed by atoms with Crippen molar-refractivity contribution in [2.45, 2.75) is 19.1 Å². The summed E-state index contributed by atoms with van der Waals surface area (Å²) in [5.74, 6) is -0.840. The van der Waals surface area contributed by atoms with E-state index in [2.05, 4.69) is 0 Å². The van der Waals surface area contributed by atoms with Gasteiger partial charge in [-0.2, -0.15) is 0 Å². The Morgan fingerprint density at radius 1 is 1.16 bits per heavy atom. The highest BCUT2D eigenvalue weighted by molar-refractivity contribution is 5.84. The van der Waals surface area contributed by atoms with Crippen molar-refractivity contribution < 1.29 is 19.1 Å². The van der Waals surface area contributed by atoms with Gasteiger partial charge in [-0.25, -0.2) is 4.79 Å². The molecule has 5 heteroatoms. The van der Waals surface area contributed by atoms with Crippen molar-refractivity contribution in [2.24, 2.45) is 0 Å². The topological polar surface area (TPSA) is 55.8 Å². The van der Waals surface area contributed by atoms with E-state index >= 15 is 0 Å². The molecule has 0 saturated carbocycles. The van der Waals surface area contributed by atoms with Crippen LogP contribution in [0.5, 0.6) is 0 Å². The quantitative estimate of drug-likeness (QED) is 0.755. The first kappa shape index (κ1) is 15.2. The van der Waals surface area contributed by atoms with Crippen LogP contribution in [0, 0.1) is 0 Å². The van der Waals surface area contributed by atoms with Crippen LogP contribution in [0.1, 0.15) is 18.6 Å². The summed E-state index contributed by atoms with van der Waals surface area (Å²) in [5.41, 5.74) is 0.694. The first-order valence-corrected chi connectivity index (χ1v) is 5.96. The Morgan fingerprint density at radius 3 is 2.21 bits per heavy atom. The summed E-state index contributed by atoms with van der Waals surface area (Å²) >= 11 is 0. The summed E-state index contributed by atoms with van der Waals surface area (Å²) in [6, 6.07) is 9.01. The van der Waals surface area contributed by atoms with Gasteiger partial charge >= 0.3 is 5.97 Å². The second-order valence-electron chi connectivity index (χ2n) is 4.34. The Morgan fingerprint density at radius 2 is 1.74 bits per heavy atom. The van der Waals surface area contributed by atoms with Crippen LogP contribution >= 0.6 is 0 Å². The van der Waals surface area contributed by atoms with E-state index in [0.29, 0.717) is 5.56 Å². The summed E-state index contributed by atoms with van der Waals surface area (Å²) in [7, 11) is 4.65. The van der Waals surface area contributed by atoms with E-state index < -0.39 is 18.2 Å². The Hall–Kier alpha value is -1.88. The molecule has 0 aromatic heterocycles. The van der Waals surface area contributed by atoms with E-state index in [1.165, 1.54) is 18.9 Å². The molecule has 0 spiro atoms. The maximum Gasteiger partial charge on any atom is 0.340 e. The molecule has 0 aliphatic heterocycles. The van der Waals surface area contributed by atoms with Gasteiger partial charge in [0.05, 0.1) is 0 Å². The lowest BCUT2D eigenvalue weighted by molar-refractivity contribution is -0.167. The van der Waals surface area contributed by atoms with Crippen LogP contribution in [0.4, 0.5) is 0 Å². The first-order chi connectivity index (χ1) is 8.97. The predicted octanol–water partition coefficient (Wildman–Crippen LogP) is 1.39. The van der Waals surface area contributed by atoms with E-state index in [-0.39, 0.29) is 5.91 Å². The van der Waals surface area contributed by atoms with E-state index in [4.69, 9.17) is 9.47 Å². The first-order valence-electron chi connectivity index (χ1n) is 5.96. The molecule has 0 fully saturated rings. The summed E-state index contributed by atoms with van der Waals surface area (Å²) in [4.78, 5) is 25.0. The Labute approximate surface area is 113 Å². The zero-order valence-electron chi connectivity index (χ0n) is 11.6. The molecule has 0 heterocycles. The second-order valence-corrected chi connectivity index (χ2v) is 4.34. The van der Waals surface area contributed by atoms with Gasteiger partial charge in [0.2, 0.25) is 0 Å². The molecule has 1 aromatic carbocycles. The zero-order chi connectivity index (χ0) is 14.4. The molecular weight excluding hydrogens is 246 g/mol. The van der Waals surface area contributed by atoms with Crippen molar-refractivity contribution in [1.82, 2.24) is 4.90 Å². The normalized spacial score (nSPS) is 13.5. The molecule has 0 saturated heterocycles. The number of benzene rings is 1. The maximum atomic E-state index is 12.0. The summed E-state index contributed by atoms with van der Waals surface area (Å²) in [6.45, 7) is 1.54. The molecular formula is C14H19NO4. The van der Waals surface area contributed by atoms with E-state index in [1.807, 2.05) is 18.2 Å². The molecule has 1 amide bonds. The van der Waals surface area contributed by atoms with Crippen molar-refractivity contribution >= 4 is 11.9 Å². The lowest BCUT2D eigenvalue weighted by atomic mass is 10.1. The number of amides is 1. The highest BCUT2D eigenvalue weighted by Gasteiger charge is 2.26. The fraction of sp³-hybridized carbons (Fsp3) is 0.429. The number of ether oxygens (including phenoxy) is 2. The van der Waals surface area contributed by atoms with Crippen molar-refractivity contribution in [2.75, 3.05) is 21.2 Å². The number of carbonyl (C=O) groups is 2. The third-order valence-corrected chi connectivity index (χ3v) is 2.63. The molecule has 1 aromatic rings. The molecule has 0 radical (unpaired) electrons. The minimum absolute atomic E-state index is 0.267. The van der Waals surface area contributed by atoms with Gasteiger partial charge in [-0.15, -0.1) is 0 Å². The highest BCUT2D eigenvalue weighted by atomic mass is 16.6. The lowest BCUT2D eigenvalue weighted by Crippen LogP contribution is -2.36. The molecule has 1 rings (SSSR count). The molecule has 0 N–H and O–H groups in total. The molecule has 2 atom stereocenters. The Balaban J connectivity index is 2.73. The van der Waals surface area contributed by atoms with E-state index in [1.54, 1.807) is 26.2 Å². The number of methoxy groups -OCH3 is 1. The van der Waals surface area contributed by atoms with Crippen LogP contribution < -0.4 is 0 Å². The number of carbonyl (C=O) groups excluding carboxylic acids is 2. The fourth-order valence-electron chi connectivity index (χ4n) is 1.65. The number of rotatable bonds is 5. The molecule has 0 aliphatic carbocycles. The van der Waals surface area contributed by atoms with Crippen molar-refractivity contribution in [3.05, 3.63) is 35.9 Å². The number of nitrogens with zero attached hydrogens (tertiary/aromatic N) is 1. The summed E-state index contributed by atoms with van der Waals surface area (Å²) in [6.07, 6.45) is -1.65. The smallest absolute Gasteiger partial charge is 0.340 e. The molecule has 5 nitrogen and oxygen atoms in total. The number of hydrogen-bond acceptors (Lipinski definition) is 4. The van der Waals surface area contributed by atoms with Gasteiger partial charge in [-0.05, 0) is 12.5 Å². The lowest BCUT2D eigenvalue weighted by Gasteiger charge is -2.20. The third kappa shape index (κ3) is 4.06. The molecule has 19 heavy (non-hydrogen) atoms. The highest BCUT2D eigenvalue weighted by Crippen LogP contribution is 2.18.